The van der Waals surface area contributed by atoms with Crippen molar-refractivity contribution in [3.8, 4) is 6.07 Å². The molecule has 5 nitrogen and oxygen atoms in total. The molecule has 0 N–H and O–H groups in total. The number of benzene rings is 2. The molecule has 1 saturated heterocycles. The first-order chi connectivity index (χ1) is 14.4. The number of ether oxygens (including phenoxy) is 1. The van der Waals surface area contributed by atoms with Crippen molar-refractivity contribution < 1.29 is 9.53 Å². The number of fused-ring (bicyclic) bond motifs is 1. The number of nitriles is 1. The van der Waals surface area contributed by atoms with Crippen LogP contribution >= 0.6 is 23.2 Å². The molecule has 1 amide bonds. The summed E-state index contributed by atoms with van der Waals surface area (Å²) in [5.41, 5.74) is 5.52. The fourth-order valence-electron chi connectivity index (χ4n) is 4.00. The van der Waals surface area contributed by atoms with Gasteiger partial charge in [-0.05, 0) is 41.8 Å². The SMILES string of the molecule is Cc1c(C#N)ccc2c1N=C(Cc1c(Cl)ccc(C(=O)N3CCOCC3)c1Cl)C2C. The minimum Gasteiger partial charge on any atom is -0.378 e. The van der Waals surface area contributed by atoms with E-state index in [-0.39, 0.29) is 11.8 Å². The van der Waals surface area contributed by atoms with Gasteiger partial charge in [-0.2, -0.15) is 5.26 Å². The second-order valence-electron chi connectivity index (χ2n) is 7.58. The monoisotopic (exact) mass is 441 g/mol. The summed E-state index contributed by atoms with van der Waals surface area (Å²) in [6.07, 6.45) is 0.444. The Bertz CT molecular complexity index is 1100. The molecule has 0 bridgehead atoms. The van der Waals surface area contributed by atoms with Crippen LogP contribution in [0.5, 0.6) is 0 Å². The maximum atomic E-state index is 13.0. The number of nitrogens with zero attached hydrogens (tertiary/aromatic N) is 3. The quantitative estimate of drug-likeness (QED) is 0.666. The molecule has 0 spiro atoms. The summed E-state index contributed by atoms with van der Waals surface area (Å²) in [7, 11) is 0. The molecule has 1 fully saturated rings. The molecule has 7 heteroatoms. The number of morpholine rings is 1. The van der Waals surface area contributed by atoms with Crippen LogP contribution in [0.3, 0.4) is 0 Å². The maximum absolute atomic E-state index is 13.0. The summed E-state index contributed by atoms with van der Waals surface area (Å²) in [4.78, 5) is 19.5. The minimum absolute atomic E-state index is 0.0807. The smallest absolute Gasteiger partial charge is 0.255 e. The van der Waals surface area contributed by atoms with Crippen LogP contribution in [0.25, 0.3) is 0 Å². The predicted octanol–water partition coefficient (Wildman–Crippen LogP) is 5.08. The van der Waals surface area contributed by atoms with Crippen molar-refractivity contribution in [2.24, 2.45) is 4.99 Å². The van der Waals surface area contributed by atoms with E-state index in [1.165, 1.54) is 0 Å². The zero-order chi connectivity index (χ0) is 21.4. The Balaban J connectivity index is 1.67. The second-order valence-corrected chi connectivity index (χ2v) is 8.37. The summed E-state index contributed by atoms with van der Waals surface area (Å²) in [6, 6.07) is 9.42. The van der Waals surface area contributed by atoms with Gasteiger partial charge in [0, 0.05) is 36.2 Å². The summed E-state index contributed by atoms with van der Waals surface area (Å²) in [6.45, 7) is 6.15. The van der Waals surface area contributed by atoms with Crippen molar-refractivity contribution >= 4 is 40.5 Å². The molecular weight excluding hydrogens is 421 g/mol. The van der Waals surface area contributed by atoms with Gasteiger partial charge in [-0.3, -0.25) is 9.79 Å². The van der Waals surface area contributed by atoms with Crippen molar-refractivity contribution in [3.63, 3.8) is 0 Å². The third-order valence-corrected chi connectivity index (χ3v) is 6.66. The Morgan fingerprint density at radius 2 is 2.00 bits per heavy atom. The highest BCUT2D eigenvalue weighted by molar-refractivity contribution is 6.38. The molecule has 2 aromatic carbocycles. The van der Waals surface area contributed by atoms with Crippen molar-refractivity contribution in [2.75, 3.05) is 26.3 Å². The van der Waals surface area contributed by atoms with E-state index in [1.807, 2.05) is 19.1 Å². The highest BCUT2D eigenvalue weighted by Gasteiger charge is 2.28. The highest BCUT2D eigenvalue weighted by Crippen LogP contribution is 2.41. The standard InChI is InChI=1S/C23H21Cl2N3O2/c1-13-15(12-26)3-4-16-14(2)20(27-22(13)16)11-18-19(24)6-5-17(21(18)25)23(29)28-7-9-30-10-8-28/h3-6,14H,7-11H2,1-2H3. The third-order valence-electron chi connectivity index (χ3n) is 5.88. The second kappa shape index (κ2) is 8.39. The van der Waals surface area contributed by atoms with E-state index in [1.54, 1.807) is 17.0 Å². The molecule has 154 valence electrons. The van der Waals surface area contributed by atoms with Crippen LogP contribution in [-0.2, 0) is 11.2 Å². The largest absolute Gasteiger partial charge is 0.378 e. The van der Waals surface area contributed by atoms with Gasteiger partial charge in [0.15, 0.2) is 0 Å². The molecule has 1 unspecified atom stereocenters. The predicted molar refractivity (Wildman–Crippen MR) is 118 cm³/mol. The first kappa shape index (κ1) is 20.9. The third kappa shape index (κ3) is 3.60. The number of carbonyl (C=O) groups is 1. The number of halogens is 2. The van der Waals surface area contributed by atoms with Gasteiger partial charge in [0.05, 0.1) is 41.1 Å². The summed E-state index contributed by atoms with van der Waals surface area (Å²) >= 11 is 13.2. The fraction of sp³-hybridized carbons (Fsp3) is 0.348. The van der Waals surface area contributed by atoms with Crippen LogP contribution in [0.15, 0.2) is 29.3 Å². The number of carbonyl (C=O) groups excluding carboxylic acids is 1. The first-order valence-corrected chi connectivity index (χ1v) is 10.6. The Labute approximate surface area is 185 Å². The Hall–Kier alpha value is -2.39. The van der Waals surface area contributed by atoms with Gasteiger partial charge in [-0.25, -0.2) is 0 Å². The lowest BCUT2D eigenvalue weighted by atomic mass is 9.91. The number of aliphatic imine (C=N–C) groups is 1. The lowest BCUT2D eigenvalue weighted by molar-refractivity contribution is 0.0303. The summed E-state index contributed by atoms with van der Waals surface area (Å²) in [5.74, 6) is -0.0300. The van der Waals surface area contributed by atoms with Crippen molar-refractivity contribution in [3.05, 3.63) is 62.1 Å². The Kier molecular flexibility index (Phi) is 5.84. The van der Waals surface area contributed by atoms with E-state index in [0.29, 0.717) is 59.5 Å². The molecule has 0 radical (unpaired) electrons. The van der Waals surface area contributed by atoms with Crippen molar-refractivity contribution in [1.29, 1.82) is 5.26 Å². The lowest BCUT2D eigenvalue weighted by Gasteiger charge is -2.27. The molecule has 1 atom stereocenters. The number of hydrogen-bond donors (Lipinski definition) is 0. The molecule has 0 aliphatic carbocycles. The molecule has 2 aromatic rings. The fourth-order valence-corrected chi connectivity index (χ4v) is 4.58. The van der Waals surface area contributed by atoms with E-state index < -0.39 is 0 Å². The van der Waals surface area contributed by atoms with Crippen LogP contribution in [0.4, 0.5) is 5.69 Å². The topological polar surface area (TPSA) is 65.7 Å². The van der Waals surface area contributed by atoms with Crippen molar-refractivity contribution in [2.45, 2.75) is 26.2 Å². The van der Waals surface area contributed by atoms with Gasteiger partial charge in [-0.15, -0.1) is 0 Å². The molecule has 0 aromatic heterocycles. The van der Waals surface area contributed by atoms with E-state index >= 15 is 0 Å². The van der Waals surface area contributed by atoms with E-state index in [9.17, 15) is 10.1 Å². The minimum atomic E-state index is -0.111. The van der Waals surface area contributed by atoms with Crippen LogP contribution in [-0.4, -0.2) is 42.8 Å². The highest BCUT2D eigenvalue weighted by atomic mass is 35.5. The number of amides is 1. The number of rotatable bonds is 3. The van der Waals surface area contributed by atoms with Gasteiger partial charge in [0.2, 0.25) is 0 Å². The van der Waals surface area contributed by atoms with E-state index in [4.69, 9.17) is 32.9 Å². The van der Waals surface area contributed by atoms with Crippen LogP contribution in [0, 0.1) is 18.3 Å². The average Bonchev–Trinajstić information content (AvgIpc) is 3.08. The molecule has 2 aliphatic rings. The van der Waals surface area contributed by atoms with Crippen LogP contribution in [0.2, 0.25) is 10.0 Å². The molecular formula is C23H21Cl2N3O2. The molecule has 2 aliphatic heterocycles. The zero-order valence-corrected chi connectivity index (χ0v) is 18.3. The van der Waals surface area contributed by atoms with Gasteiger partial charge in [-0.1, -0.05) is 36.2 Å². The average molecular weight is 442 g/mol. The molecule has 4 rings (SSSR count). The Morgan fingerprint density at radius 1 is 1.27 bits per heavy atom. The van der Waals surface area contributed by atoms with Crippen molar-refractivity contribution in [1.82, 2.24) is 4.90 Å². The van der Waals surface area contributed by atoms with Gasteiger partial charge < -0.3 is 9.64 Å². The van der Waals surface area contributed by atoms with Crippen LogP contribution < -0.4 is 0 Å². The van der Waals surface area contributed by atoms with Gasteiger partial charge in [0.25, 0.3) is 5.91 Å². The Morgan fingerprint density at radius 3 is 2.70 bits per heavy atom. The maximum Gasteiger partial charge on any atom is 0.255 e. The lowest BCUT2D eigenvalue weighted by Crippen LogP contribution is -2.40. The van der Waals surface area contributed by atoms with Crippen LogP contribution in [0.1, 0.15) is 45.5 Å². The van der Waals surface area contributed by atoms with E-state index in [2.05, 4.69) is 13.0 Å². The summed E-state index contributed by atoms with van der Waals surface area (Å²) in [5, 5.41) is 10.2. The first-order valence-electron chi connectivity index (χ1n) is 9.87. The molecule has 0 saturated carbocycles. The van der Waals surface area contributed by atoms with Gasteiger partial charge in [0.1, 0.15) is 0 Å². The summed E-state index contributed by atoms with van der Waals surface area (Å²) < 4.78 is 5.33. The number of hydrogen-bond acceptors (Lipinski definition) is 4. The molecule has 2 heterocycles. The van der Waals surface area contributed by atoms with Gasteiger partial charge >= 0.3 is 0 Å². The van der Waals surface area contributed by atoms with E-state index in [0.717, 1.165) is 22.5 Å². The normalized spacial score (nSPS) is 18.0. The zero-order valence-electron chi connectivity index (χ0n) is 16.8. The molecule has 30 heavy (non-hydrogen) atoms.